The van der Waals surface area contributed by atoms with Gasteiger partial charge in [-0.25, -0.2) is 8.78 Å². The molecule has 0 spiro atoms. The normalized spacial score (nSPS) is 29.2. The van der Waals surface area contributed by atoms with Crippen LogP contribution < -0.4 is 0 Å². The standard InChI is InChI=1S/C27H29F2N3O3/c1-35-27(34)25-13-19-18-4-2-3-5-22(18)30-26(19)24-12-16(31-9-8-17(33)14-31)11-23(32(24)25)15-6-7-20(28)21(29)10-15/h2-7,10,16-17,23-25,30,33H,8-9,11-14H2,1H3/t16-,17-,23+,24+,25+/m1/s1. The Labute approximate surface area is 202 Å². The molecule has 0 aliphatic carbocycles. The second-order valence-corrected chi connectivity index (χ2v) is 10.0. The van der Waals surface area contributed by atoms with Gasteiger partial charge >= 0.3 is 5.97 Å². The van der Waals surface area contributed by atoms with Gasteiger partial charge in [-0.05, 0) is 48.6 Å². The number of carbonyl (C=O) groups excluding carboxylic acids is 1. The molecule has 184 valence electrons. The summed E-state index contributed by atoms with van der Waals surface area (Å²) in [5, 5.41) is 11.3. The lowest BCUT2D eigenvalue weighted by molar-refractivity contribution is -0.152. The Bertz CT molecular complexity index is 1280. The highest BCUT2D eigenvalue weighted by molar-refractivity contribution is 5.87. The van der Waals surface area contributed by atoms with Crippen molar-refractivity contribution in [3.63, 3.8) is 0 Å². The van der Waals surface area contributed by atoms with Crippen LogP contribution in [0.1, 0.15) is 48.2 Å². The molecule has 5 atom stereocenters. The zero-order chi connectivity index (χ0) is 24.3. The summed E-state index contributed by atoms with van der Waals surface area (Å²) >= 11 is 0. The molecule has 1 aromatic heterocycles. The van der Waals surface area contributed by atoms with E-state index in [-0.39, 0.29) is 30.2 Å². The van der Waals surface area contributed by atoms with Crippen LogP contribution in [0.5, 0.6) is 0 Å². The van der Waals surface area contributed by atoms with Crippen LogP contribution in [-0.2, 0) is 16.0 Å². The van der Waals surface area contributed by atoms with Crippen LogP contribution in [0.2, 0.25) is 0 Å². The number of piperidine rings is 1. The molecule has 6 rings (SSSR count). The number of methoxy groups -OCH3 is 1. The molecule has 3 aliphatic rings. The molecule has 0 bridgehead atoms. The number of aromatic nitrogens is 1. The molecule has 3 aromatic rings. The number of nitrogens with one attached hydrogen (secondary N) is 1. The Morgan fingerprint density at radius 1 is 1.11 bits per heavy atom. The number of esters is 1. The molecule has 0 saturated carbocycles. The number of rotatable bonds is 3. The summed E-state index contributed by atoms with van der Waals surface area (Å²) in [6, 6.07) is 11.3. The Hall–Kier alpha value is -2.81. The number of nitrogens with zero attached hydrogens (tertiary/aromatic N) is 2. The molecule has 2 aromatic carbocycles. The lowest BCUT2D eigenvalue weighted by Crippen LogP contribution is -2.56. The fourth-order valence-electron chi connectivity index (χ4n) is 6.56. The Balaban J connectivity index is 1.50. The summed E-state index contributed by atoms with van der Waals surface area (Å²) in [5.74, 6) is -2.11. The van der Waals surface area contributed by atoms with E-state index in [0.29, 0.717) is 24.9 Å². The predicted molar refractivity (Wildman–Crippen MR) is 127 cm³/mol. The number of para-hydroxylation sites is 1. The summed E-state index contributed by atoms with van der Waals surface area (Å²) in [4.78, 5) is 21.2. The summed E-state index contributed by atoms with van der Waals surface area (Å²) in [6.45, 7) is 1.39. The van der Waals surface area contributed by atoms with Crippen molar-refractivity contribution in [3.05, 3.63) is 70.9 Å². The number of fused-ring (bicyclic) bond motifs is 5. The predicted octanol–water partition coefficient (Wildman–Crippen LogP) is 3.86. The number of halogens is 2. The van der Waals surface area contributed by atoms with E-state index in [9.17, 15) is 18.7 Å². The van der Waals surface area contributed by atoms with Gasteiger partial charge in [-0.1, -0.05) is 24.3 Å². The number of ether oxygens (including phenoxy) is 1. The number of carbonyl (C=O) groups is 1. The number of hydrogen-bond donors (Lipinski definition) is 2. The minimum absolute atomic E-state index is 0.127. The Morgan fingerprint density at radius 2 is 1.91 bits per heavy atom. The fourth-order valence-corrected chi connectivity index (χ4v) is 6.56. The third-order valence-electron chi connectivity index (χ3n) is 8.16. The lowest BCUT2D eigenvalue weighted by Gasteiger charge is -2.52. The van der Waals surface area contributed by atoms with E-state index >= 15 is 0 Å². The minimum Gasteiger partial charge on any atom is -0.468 e. The first-order valence-corrected chi connectivity index (χ1v) is 12.3. The van der Waals surface area contributed by atoms with E-state index in [2.05, 4.69) is 20.9 Å². The highest BCUT2D eigenvalue weighted by Crippen LogP contribution is 2.50. The largest absolute Gasteiger partial charge is 0.468 e. The summed E-state index contributed by atoms with van der Waals surface area (Å²) in [7, 11) is 1.40. The molecule has 2 N–H and O–H groups in total. The summed E-state index contributed by atoms with van der Waals surface area (Å²) in [6.07, 6.45) is 2.27. The van der Waals surface area contributed by atoms with Gasteiger partial charge in [0.25, 0.3) is 0 Å². The summed E-state index contributed by atoms with van der Waals surface area (Å²) < 4.78 is 33.5. The van der Waals surface area contributed by atoms with Gasteiger partial charge < -0.3 is 14.8 Å². The van der Waals surface area contributed by atoms with Gasteiger partial charge in [-0.15, -0.1) is 0 Å². The molecular formula is C27H29F2N3O3. The molecule has 2 fully saturated rings. The number of likely N-dealkylation sites (tertiary alicyclic amines) is 1. The number of aromatic amines is 1. The number of H-pyrrole nitrogens is 1. The highest BCUT2D eigenvalue weighted by Gasteiger charge is 2.49. The number of aliphatic hydroxyl groups is 1. The molecule has 0 radical (unpaired) electrons. The molecule has 4 heterocycles. The first-order chi connectivity index (χ1) is 16.9. The van der Waals surface area contributed by atoms with Crippen LogP contribution in [0.3, 0.4) is 0 Å². The lowest BCUT2D eigenvalue weighted by atomic mass is 9.79. The average molecular weight is 482 g/mol. The van der Waals surface area contributed by atoms with Crippen LogP contribution in [-0.4, -0.2) is 64.2 Å². The Kier molecular flexibility index (Phi) is 5.62. The van der Waals surface area contributed by atoms with Gasteiger partial charge in [0, 0.05) is 48.2 Å². The van der Waals surface area contributed by atoms with Gasteiger partial charge in [0.2, 0.25) is 0 Å². The van der Waals surface area contributed by atoms with Crippen LogP contribution in [0.25, 0.3) is 10.9 Å². The molecule has 0 amide bonds. The molecule has 0 unspecified atom stereocenters. The van der Waals surface area contributed by atoms with E-state index < -0.39 is 17.7 Å². The van der Waals surface area contributed by atoms with Gasteiger partial charge in [0.1, 0.15) is 6.04 Å². The molecule has 8 heteroatoms. The maximum absolute atomic E-state index is 14.4. The van der Waals surface area contributed by atoms with Crippen molar-refractivity contribution in [3.8, 4) is 0 Å². The van der Waals surface area contributed by atoms with Crippen molar-refractivity contribution in [2.75, 3.05) is 20.2 Å². The average Bonchev–Trinajstić information content (AvgIpc) is 3.47. The van der Waals surface area contributed by atoms with Gasteiger partial charge in [-0.3, -0.25) is 14.6 Å². The van der Waals surface area contributed by atoms with Crippen LogP contribution in [0.4, 0.5) is 8.78 Å². The summed E-state index contributed by atoms with van der Waals surface area (Å²) in [5.41, 5.74) is 3.85. The second kappa shape index (κ2) is 8.69. The van der Waals surface area contributed by atoms with E-state index in [1.165, 1.54) is 13.2 Å². The van der Waals surface area contributed by atoms with Crippen molar-refractivity contribution >= 4 is 16.9 Å². The third kappa shape index (κ3) is 3.75. The molecule has 3 aliphatic heterocycles. The minimum atomic E-state index is -0.893. The first-order valence-electron chi connectivity index (χ1n) is 12.3. The van der Waals surface area contributed by atoms with Crippen molar-refractivity contribution < 1.29 is 23.4 Å². The first kappa shape index (κ1) is 22.6. The van der Waals surface area contributed by atoms with Crippen LogP contribution in [0, 0.1) is 11.6 Å². The van der Waals surface area contributed by atoms with Crippen molar-refractivity contribution in [1.82, 2.24) is 14.8 Å². The van der Waals surface area contributed by atoms with Crippen LogP contribution in [0.15, 0.2) is 42.5 Å². The topological polar surface area (TPSA) is 68.8 Å². The third-order valence-corrected chi connectivity index (χ3v) is 8.16. The number of benzene rings is 2. The van der Waals surface area contributed by atoms with Crippen molar-refractivity contribution in [2.24, 2.45) is 0 Å². The van der Waals surface area contributed by atoms with E-state index in [1.54, 1.807) is 6.07 Å². The second-order valence-electron chi connectivity index (χ2n) is 10.0. The van der Waals surface area contributed by atoms with Crippen LogP contribution >= 0.6 is 0 Å². The highest BCUT2D eigenvalue weighted by atomic mass is 19.2. The molecule has 35 heavy (non-hydrogen) atoms. The Morgan fingerprint density at radius 3 is 2.66 bits per heavy atom. The molecular weight excluding hydrogens is 452 g/mol. The van der Waals surface area contributed by atoms with E-state index in [0.717, 1.165) is 47.6 Å². The molecule has 6 nitrogen and oxygen atoms in total. The number of hydrogen-bond acceptors (Lipinski definition) is 5. The number of aliphatic hydroxyl groups excluding tert-OH is 1. The SMILES string of the molecule is COC(=O)[C@@H]1Cc2c([nH]c3ccccc23)[C@@H]2C[C@H](N3CC[C@@H](O)C3)C[C@@H](c3ccc(F)c(F)c3)N12. The maximum Gasteiger partial charge on any atom is 0.323 e. The van der Waals surface area contributed by atoms with Crippen molar-refractivity contribution in [2.45, 2.75) is 56.0 Å². The zero-order valence-electron chi connectivity index (χ0n) is 19.6. The molecule has 2 saturated heterocycles. The van der Waals surface area contributed by atoms with Gasteiger partial charge in [0.05, 0.1) is 19.3 Å². The monoisotopic (exact) mass is 481 g/mol. The van der Waals surface area contributed by atoms with E-state index in [1.807, 2.05) is 18.2 Å². The smallest absolute Gasteiger partial charge is 0.323 e. The van der Waals surface area contributed by atoms with Gasteiger partial charge in [0.15, 0.2) is 11.6 Å². The van der Waals surface area contributed by atoms with E-state index in [4.69, 9.17) is 4.74 Å². The maximum atomic E-state index is 14.4. The zero-order valence-corrected chi connectivity index (χ0v) is 19.6. The quantitative estimate of drug-likeness (QED) is 0.556. The fraction of sp³-hybridized carbons (Fsp3) is 0.444. The van der Waals surface area contributed by atoms with Crippen molar-refractivity contribution in [1.29, 1.82) is 0 Å². The number of β-amino-alcohol motifs (C(OH)–C–C–N with tert-alkyl or cyclic N) is 1. The van der Waals surface area contributed by atoms with Gasteiger partial charge in [-0.2, -0.15) is 0 Å².